The molecule has 5 rings (SSSR count). The molecule has 1 amide bonds. The molecule has 8 nitrogen and oxygen atoms in total. The van der Waals surface area contributed by atoms with E-state index in [0.717, 1.165) is 5.56 Å². The van der Waals surface area contributed by atoms with E-state index < -0.39 is 12.0 Å². The van der Waals surface area contributed by atoms with Crippen molar-refractivity contribution in [3.63, 3.8) is 0 Å². The van der Waals surface area contributed by atoms with Crippen molar-refractivity contribution in [1.82, 2.24) is 9.47 Å². The van der Waals surface area contributed by atoms with Gasteiger partial charge in [-0.3, -0.25) is 14.2 Å². The summed E-state index contributed by atoms with van der Waals surface area (Å²) in [5, 5.41) is 9.85. The molecule has 4 aromatic rings. The minimum Gasteiger partial charge on any atom is -0.478 e. The van der Waals surface area contributed by atoms with Crippen molar-refractivity contribution in [3.05, 3.63) is 114 Å². The molecule has 1 aliphatic heterocycles. The van der Waals surface area contributed by atoms with Gasteiger partial charge in [0.1, 0.15) is 11.5 Å². The fraction of sp³-hybridized carbons (Fsp3) is 0.200. The fourth-order valence-corrected chi connectivity index (χ4v) is 5.91. The summed E-state index contributed by atoms with van der Waals surface area (Å²) in [6.45, 7) is 6.68. The first kappa shape index (κ1) is 27.4. The Balaban J connectivity index is 1.62. The van der Waals surface area contributed by atoms with Gasteiger partial charge >= 0.3 is 5.97 Å². The third-order valence-corrected chi connectivity index (χ3v) is 8.02. The van der Waals surface area contributed by atoms with E-state index in [0.29, 0.717) is 55.8 Å². The number of allylic oxidation sites excluding steroid dienone is 1. The van der Waals surface area contributed by atoms with Crippen molar-refractivity contribution in [3.8, 4) is 11.3 Å². The van der Waals surface area contributed by atoms with E-state index in [9.17, 15) is 19.5 Å². The second-order valence-electron chi connectivity index (χ2n) is 9.20. The number of halogens is 1. The van der Waals surface area contributed by atoms with Crippen LogP contribution in [0.1, 0.15) is 48.5 Å². The zero-order chi connectivity index (χ0) is 28.6. The summed E-state index contributed by atoms with van der Waals surface area (Å²) in [4.78, 5) is 45.7. The molecule has 0 unspecified atom stereocenters. The van der Waals surface area contributed by atoms with E-state index in [1.54, 1.807) is 58.9 Å². The second kappa shape index (κ2) is 11.1. The highest BCUT2D eigenvalue weighted by Crippen LogP contribution is 2.32. The number of likely N-dealkylation sites (N-methyl/N-ethyl adjacent to an activating group) is 1. The standard InChI is InChI=1S/C30H26ClN3O5S/c1-4-33(5-2)28(36)25-17(3)32-30-34(26(25)18-9-11-21(31)12-10-18)27(35)24(40-30)16-22-13-14-23(39-22)19-7-6-8-20(15-19)29(37)38/h6-16,26H,4-5H2,1-3H3,(H,37,38)/b24-16+/t26-/m1/s1. The van der Waals surface area contributed by atoms with Crippen LogP contribution in [0.25, 0.3) is 17.4 Å². The molecular weight excluding hydrogens is 550 g/mol. The van der Waals surface area contributed by atoms with Crippen LogP contribution in [0.4, 0.5) is 0 Å². The molecule has 1 N–H and O–H groups in total. The predicted molar refractivity (Wildman–Crippen MR) is 154 cm³/mol. The summed E-state index contributed by atoms with van der Waals surface area (Å²) in [6.07, 6.45) is 1.64. The Morgan fingerprint density at radius 3 is 2.52 bits per heavy atom. The molecule has 0 aliphatic carbocycles. The van der Waals surface area contributed by atoms with Gasteiger partial charge in [0, 0.05) is 29.8 Å². The topological polar surface area (TPSA) is 105 Å². The Morgan fingerprint density at radius 2 is 1.85 bits per heavy atom. The Bertz CT molecular complexity index is 1830. The van der Waals surface area contributed by atoms with Crippen LogP contribution in [0.15, 0.2) is 86.1 Å². The fourth-order valence-electron chi connectivity index (χ4n) is 4.76. The maximum absolute atomic E-state index is 13.9. The van der Waals surface area contributed by atoms with Gasteiger partial charge in [-0.15, -0.1) is 0 Å². The molecule has 2 aromatic carbocycles. The van der Waals surface area contributed by atoms with Gasteiger partial charge in [0.2, 0.25) is 0 Å². The average Bonchev–Trinajstić information content (AvgIpc) is 3.53. The van der Waals surface area contributed by atoms with Gasteiger partial charge in [-0.05, 0) is 62.7 Å². The van der Waals surface area contributed by atoms with Crippen molar-refractivity contribution in [2.24, 2.45) is 4.99 Å². The van der Waals surface area contributed by atoms with E-state index in [1.807, 2.05) is 26.0 Å². The molecule has 0 fully saturated rings. The lowest BCUT2D eigenvalue weighted by atomic mass is 9.94. The number of aromatic carboxylic acids is 1. The number of carbonyl (C=O) groups is 2. The van der Waals surface area contributed by atoms with Crippen molar-refractivity contribution < 1.29 is 19.1 Å². The minimum absolute atomic E-state index is 0.149. The second-order valence-corrected chi connectivity index (χ2v) is 10.6. The maximum atomic E-state index is 13.9. The SMILES string of the molecule is CCN(CC)C(=O)C1=C(C)N=c2s/c(=C/c3ccc(-c4cccc(C(=O)O)c4)o3)c(=O)n2[C@@H]1c1ccc(Cl)cc1. The molecule has 0 bridgehead atoms. The van der Waals surface area contributed by atoms with Gasteiger partial charge in [0.15, 0.2) is 4.80 Å². The first-order valence-electron chi connectivity index (χ1n) is 12.7. The third-order valence-electron chi connectivity index (χ3n) is 6.78. The van der Waals surface area contributed by atoms with E-state index >= 15 is 0 Å². The molecule has 2 aromatic heterocycles. The highest BCUT2D eigenvalue weighted by atomic mass is 35.5. The van der Waals surface area contributed by atoms with Gasteiger partial charge in [-0.1, -0.05) is 47.2 Å². The normalized spacial score (nSPS) is 15.1. The highest BCUT2D eigenvalue weighted by Gasteiger charge is 2.34. The van der Waals surface area contributed by atoms with Gasteiger partial charge in [0.25, 0.3) is 11.5 Å². The maximum Gasteiger partial charge on any atom is 0.335 e. The van der Waals surface area contributed by atoms with Crippen LogP contribution in [0.5, 0.6) is 0 Å². The summed E-state index contributed by atoms with van der Waals surface area (Å²) in [5.74, 6) is -0.290. The number of benzene rings is 2. The number of amides is 1. The number of hydrogen-bond acceptors (Lipinski definition) is 6. The molecular formula is C30H26ClN3O5S. The molecule has 0 saturated heterocycles. The number of nitrogens with zero attached hydrogens (tertiary/aromatic N) is 3. The van der Waals surface area contributed by atoms with E-state index in [2.05, 4.69) is 4.99 Å². The quantitative estimate of drug-likeness (QED) is 0.343. The Hall–Kier alpha value is -4.21. The van der Waals surface area contributed by atoms with Crippen LogP contribution < -0.4 is 14.9 Å². The van der Waals surface area contributed by atoms with Crippen LogP contribution in [0.3, 0.4) is 0 Å². The molecule has 0 radical (unpaired) electrons. The molecule has 3 heterocycles. The number of rotatable bonds is 7. The van der Waals surface area contributed by atoms with Crippen molar-refractivity contribution >= 4 is 40.9 Å². The zero-order valence-corrected chi connectivity index (χ0v) is 23.6. The van der Waals surface area contributed by atoms with Crippen LogP contribution in [0.2, 0.25) is 5.02 Å². The minimum atomic E-state index is -1.03. The van der Waals surface area contributed by atoms with Gasteiger partial charge in [0.05, 0.1) is 27.4 Å². The zero-order valence-electron chi connectivity index (χ0n) is 22.1. The summed E-state index contributed by atoms with van der Waals surface area (Å²) in [5.41, 5.74) is 2.22. The lowest BCUT2D eigenvalue weighted by molar-refractivity contribution is -0.127. The van der Waals surface area contributed by atoms with Crippen LogP contribution in [-0.2, 0) is 4.79 Å². The van der Waals surface area contributed by atoms with Crippen molar-refractivity contribution in [1.29, 1.82) is 0 Å². The molecule has 204 valence electrons. The number of hydrogen-bond donors (Lipinski definition) is 1. The third kappa shape index (κ3) is 5.05. The summed E-state index contributed by atoms with van der Waals surface area (Å²) in [7, 11) is 0. The number of furan rings is 1. The number of thiazole rings is 1. The molecule has 40 heavy (non-hydrogen) atoms. The van der Waals surface area contributed by atoms with E-state index in [4.69, 9.17) is 16.0 Å². The van der Waals surface area contributed by atoms with E-state index in [-0.39, 0.29) is 17.0 Å². The van der Waals surface area contributed by atoms with Crippen LogP contribution in [-0.4, -0.2) is 39.5 Å². The van der Waals surface area contributed by atoms with Gasteiger partial charge in [-0.25, -0.2) is 9.79 Å². The molecule has 1 atom stereocenters. The Morgan fingerprint density at radius 1 is 1.12 bits per heavy atom. The van der Waals surface area contributed by atoms with Crippen molar-refractivity contribution in [2.45, 2.75) is 26.8 Å². The average molecular weight is 576 g/mol. The predicted octanol–water partition coefficient (Wildman–Crippen LogP) is 4.72. The monoisotopic (exact) mass is 575 g/mol. The number of fused-ring (bicyclic) bond motifs is 1. The number of carbonyl (C=O) groups excluding carboxylic acids is 1. The number of aromatic nitrogens is 1. The lowest BCUT2D eigenvalue weighted by Gasteiger charge is -2.29. The Kier molecular flexibility index (Phi) is 7.60. The molecule has 10 heteroatoms. The van der Waals surface area contributed by atoms with Crippen LogP contribution in [0, 0.1) is 0 Å². The summed E-state index contributed by atoms with van der Waals surface area (Å²) < 4.78 is 7.90. The summed E-state index contributed by atoms with van der Waals surface area (Å²) >= 11 is 7.37. The molecule has 1 aliphatic rings. The largest absolute Gasteiger partial charge is 0.478 e. The smallest absolute Gasteiger partial charge is 0.335 e. The summed E-state index contributed by atoms with van der Waals surface area (Å²) in [6, 6.07) is 16.3. The first-order valence-corrected chi connectivity index (χ1v) is 13.9. The van der Waals surface area contributed by atoms with Gasteiger partial charge in [-0.2, -0.15) is 0 Å². The first-order chi connectivity index (χ1) is 19.2. The highest BCUT2D eigenvalue weighted by molar-refractivity contribution is 7.07. The number of carboxylic acids is 1. The molecule has 0 saturated carbocycles. The number of carboxylic acid groups (broad SMARTS) is 1. The van der Waals surface area contributed by atoms with Gasteiger partial charge < -0.3 is 14.4 Å². The Labute approximate surface area is 238 Å². The van der Waals surface area contributed by atoms with Crippen LogP contribution >= 0.6 is 22.9 Å². The van der Waals surface area contributed by atoms with Crippen molar-refractivity contribution in [2.75, 3.05) is 13.1 Å². The lowest BCUT2D eigenvalue weighted by Crippen LogP contribution is -2.43. The molecule has 0 spiro atoms. The van der Waals surface area contributed by atoms with E-state index in [1.165, 1.54) is 23.5 Å².